The first kappa shape index (κ1) is 17.9. The number of ether oxygens (including phenoxy) is 2. The Hall–Kier alpha value is -2.86. The van der Waals surface area contributed by atoms with Crippen LogP contribution >= 0.6 is 0 Å². The smallest absolute Gasteiger partial charge is 0.359 e. The third kappa shape index (κ3) is 4.40. The second-order valence-electron chi connectivity index (χ2n) is 5.95. The zero-order chi connectivity index (χ0) is 18.2. The molecular formula is C20H23N3O3. The molecule has 2 heterocycles. The molecular weight excluding hydrogens is 330 g/mol. The summed E-state index contributed by atoms with van der Waals surface area (Å²) < 4.78 is 10.6. The van der Waals surface area contributed by atoms with Crippen LogP contribution in [0.1, 0.15) is 36.7 Å². The normalized spacial score (nSPS) is 10.8. The van der Waals surface area contributed by atoms with Crippen molar-refractivity contribution in [3.8, 4) is 0 Å². The number of anilines is 2. The molecule has 0 unspecified atom stereocenters. The minimum atomic E-state index is -0.451. The Morgan fingerprint density at radius 1 is 1.15 bits per heavy atom. The van der Waals surface area contributed by atoms with Crippen molar-refractivity contribution in [1.29, 1.82) is 0 Å². The van der Waals surface area contributed by atoms with Gasteiger partial charge in [0.05, 0.1) is 12.3 Å². The van der Waals surface area contributed by atoms with Crippen molar-refractivity contribution in [3.63, 3.8) is 0 Å². The number of nitrogens with zero attached hydrogens (tertiary/aromatic N) is 1. The van der Waals surface area contributed by atoms with Crippen LogP contribution in [0.15, 0.2) is 48.8 Å². The molecule has 2 aromatic heterocycles. The number of pyridine rings is 1. The van der Waals surface area contributed by atoms with E-state index in [2.05, 4.69) is 22.2 Å². The number of hydrogen-bond acceptors (Lipinski definition) is 5. The average Bonchev–Trinajstić information content (AvgIpc) is 3.04. The van der Waals surface area contributed by atoms with E-state index < -0.39 is 5.97 Å². The van der Waals surface area contributed by atoms with Gasteiger partial charge in [0.2, 0.25) is 0 Å². The standard InChI is InChI=1S/C20H23N3O3/c1-2-3-6-13-25-14-26-20(24)19-18(22-15-9-11-21-12-10-15)16-7-4-5-8-17(16)23-19/h4-5,7-12,23H,2-3,6,13-14H2,1H3,(H,21,22). The molecule has 0 atom stereocenters. The van der Waals surface area contributed by atoms with Gasteiger partial charge in [-0.25, -0.2) is 4.79 Å². The molecule has 3 aromatic rings. The lowest BCUT2D eigenvalue weighted by Gasteiger charge is -2.09. The third-order valence-electron chi connectivity index (χ3n) is 4.03. The van der Waals surface area contributed by atoms with Crippen molar-refractivity contribution in [2.45, 2.75) is 26.2 Å². The van der Waals surface area contributed by atoms with Crippen molar-refractivity contribution in [3.05, 3.63) is 54.5 Å². The van der Waals surface area contributed by atoms with Gasteiger partial charge < -0.3 is 19.8 Å². The van der Waals surface area contributed by atoms with E-state index in [9.17, 15) is 4.79 Å². The van der Waals surface area contributed by atoms with Crippen LogP contribution in [-0.4, -0.2) is 29.3 Å². The number of hydrogen-bond donors (Lipinski definition) is 2. The number of carbonyl (C=O) groups excluding carboxylic acids is 1. The third-order valence-corrected chi connectivity index (χ3v) is 4.03. The first-order chi connectivity index (χ1) is 12.8. The van der Waals surface area contributed by atoms with Crippen LogP contribution in [0, 0.1) is 0 Å². The van der Waals surface area contributed by atoms with Gasteiger partial charge >= 0.3 is 5.97 Å². The Bertz CT molecular complexity index is 846. The number of benzene rings is 1. The molecule has 0 amide bonds. The lowest BCUT2D eigenvalue weighted by Crippen LogP contribution is -2.11. The number of fused-ring (bicyclic) bond motifs is 1. The number of rotatable bonds is 9. The van der Waals surface area contributed by atoms with Crippen LogP contribution in [-0.2, 0) is 9.47 Å². The molecule has 0 spiro atoms. The monoisotopic (exact) mass is 353 g/mol. The maximum absolute atomic E-state index is 12.5. The molecule has 0 aliphatic rings. The number of unbranched alkanes of at least 4 members (excludes halogenated alkanes) is 2. The molecule has 0 saturated heterocycles. The highest BCUT2D eigenvalue weighted by Gasteiger charge is 2.19. The average molecular weight is 353 g/mol. The van der Waals surface area contributed by atoms with Crippen LogP contribution in [0.25, 0.3) is 10.9 Å². The van der Waals surface area contributed by atoms with E-state index in [-0.39, 0.29) is 6.79 Å². The van der Waals surface area contributed by atoms with Gasteiger partial charge in [0.1, 0.15) is 5.69 Å². The lowest BCUT2D eigenvalue weighted by atomic mass is 10.2. The summed E-state index contributed by atoms with van der Waals surface area (Å²) in [6.45, 7) is 2.68. The van der Waals surface area contributed by atoms with E-state index in [1.54, 1.807) is 12.4 Å². The Morgan fingerprint density at radius 3 is 2.77 bits per heavy atom. The highest BCUT2D eigenvalue weighted by molar-refractivity contribution is 6.07. The topological polar surface area (TPSA) is 76.2 Å². The summed E-state index contributed by atoms with van der Waals surface area (Å²) in [5.74, 6) is -0.451. The quantitative estimate of drug-likeness (QED) is 0.333. The zero-order valence-corrected chi connectivity index (χ0v) is 14.8. The highest BCUT2D eigenvalue weighted by Crippen LogP contribution is 2.30. The molecule has 1 aromatic carbocycles. The van der Waals surface area contributed by atoms with Gasteiger partial charge in [-0.05, 0) is 24.6 Å². The summed E-state index contributed by atoms with van der Waals surface area (Å²) in [6, 6.07) is 11.4. The molecule has 0 aliphatic heterocycles. The second kappa shape index (κ2) is 9.01. The molecule has 3 rings (SSSR count). The summed E-state index contributed by atoms with van der Waals surface area (Å²) in [5.41, 5.74) is 2.76. The van der Waals surface area contributed by atoms with Crippen molar-refractivity contribution < 1.29 is 14.3 Å². The van der Waals surface area contributed by atoms with Gasteiger partial charge in [0, 0.05) is 29.0 Å². The number of aromatic nitrogens is 2. The Morgan fingerprint density at radius 2 is 1.96 bits per heavy atom. The SMILES string of the molecule is CCCCCOCOC(=O)c1[nH]c2ccccc2c1Nc1ccncc1. The predicted octanol–water partition coefficient (Wildman–Crippen LogP) is 4.63. The Balaban J connectivity index is 1.74. The van der Waals surface area contributed by atoms with E-state index in [1.165, 1.54) is 0 Å². The zero-order valence-electron chi connectivity index (χ0n) is 14.8. The van der Waals surface area contributed by atoms with Crippen molar-refractivity contribution >= 4 is 28.2 Å². The van der Waals surface area contributed by atoms with Crippen molar-refractivity contribution in [1.82, 2.24) is 9.97 Å². The van der Waals surface area contributed by atoms with Gasteiger partial charge in [-0.1, -0.05) is 38.0 Å². The van der Waals surface area contributed by atoms with E-state index in [1.807, 2.05) is 36.4 Å². The number of H-pyrrole nitrogens is 1. The second-order valence-corrected chi connectivity index (χ2v) is 5.95. The van der Waals surface area contributed by atoms with Gasteiger partial charge in [0.25, 0.3) is 0 Å². The molecule has 0 radical (unpaired) electrons. The van der Waals surface area contributed by atoms with Crippen LogP contribution in [0.4, 0.5) is 11.4 Å². The number of aromatic amines is 1. The molecule has 6 nitrogen and oxygen atoms in total. The minimum Gasteiger partial charge on any atom is -0.434 e. The fraction of sp³-hybridized carbons (Fsp3) is 0.300. The molecule has 0 aliphatic carbocycles. The number of nitrogens with one attached hydrogen (secondary N) is 2. The lowest BCUT2D eigenvalue weighted by molar-refractivity contribution is -0.0325. The van der Waals surface area contributed by atoms with Gasteiger partial charge in [-0.2, -0.15) is 0 Å². The highest BCUT2D eigenvalue weighted by atomic mass is 16.7. The van der Waals surface area contributed by atoms with Crippen LogP contribution in [0.3, 0.4) is 0 Å². The van der Waals surface area contributed by atoms with E-state index in [0.717, 1.165) is 35.9 Å². The molecule has 0 saturated carbocycles. The van der Waals surface area contributed by atoms with Crippen molar-refractivity contribution in [2.24, 2.45) is 0 Å². The summed E-state index contributed by atoms with van der Waals surface area (Å²) in [4.78, 5) is 19.7. The minimum absolute atomic E-state index is 0.0490. The molecule has 0 bridgehead atoms. The Kier molecular flexibility index (Phi) is 6.22. The van der Waals surface area contributed by atoms with E-state index >= 15 is 0 Å². The van der Waals surface area contributed by atoms with Crippen LogP contribution in [0.2, 0.25) is 0 Å². The maximum atomic E-state index is 12.5. The summed E-state index contributed by atoms with van der Waals surface area (Å²) in [6.07, 6.45) is 6.59. The van der Waals surface area contributed by atoms with E-state index in [4.69, 9.17) is 9.47 Å². The molecule has 6 heteroatoms. The largest absolute Gasteiger partial charge is 0.434 e. The van der Waals surface area contributed by atoms with Gasteiger partial charge in [0.15, 0.2) is 6.79 Å². The number of esters is 1. The molecule has 26 heavy (non-hydrogen) atoms. The molecule has 136 valence electrons. The maximum Gasteiger partial charge on any atom is 0.359 e. The van der Waals surface area contributed by atoms with Crippen LogP contribution < -0.4 is 5.32 Å². The van der Waals surface area contributed by atoms with Gasteiger partial charge in [-0.15, -0.1) is 0 Å². The number of carbonyl (C=O) groups is 1. The van der Waals surface area contributed by atoms with E-state index in [0.29, 0.717) is 18.0 Å². The fourth-order valence-electron chi connectivity index (χ4n) is 2.68. The van der Waals surface area contributed by atoms with Crippen LogP contribution in [0.5, 0.6) is 0 Å². The molecule has 0 fully saturated rings. The van der Waals surface area contributed by atoms with Gasteiger partial charge in [-0.3, -0.25) is 4.98 Å². The summed E-state index contributed by atoms with van der Waals surface area (Å²) in [7, 11) is 0. The predicted molar refractivity (Wildman–Crippen MR) is 102 cm³/mol. The summed E-state index contributed by atoms with van der Waals surface area (Å²) in [5, 5.41) is 4.20. The number of para-hydroxylation sites is 1. The molecule has 2 N–H and O–H groups in total. The Labute approximate surface area is 152 Å². The summed E-state index contributed by atoms with van der Waals surface area (Å²) >= 11 is 0. The fourth-order valence-corrected chi connectivity index (χ4v) is 2.68. The first-order valence-corrected chi connectivity index (χ1v) is 8.82. The van der Waals surface area contributed by atoms with Crippen molar-refractivity contribution in [2.75, 3.05) is 18.7 Å². The first-order valence-electron chi connectivity index (χ1n) is 8.82.